The molecular formula is C22H22Cl2N4O3. The highest BCUT2D eigenvalue weighted by Gasteiger charge is 2.36. The van der Waals surface area contributed by atoms with Crippen LogP contribution < -0.4 is 4.90 Å². The molecule has 0 spiro atoms. The summed E-state index contributed by atoms with van der Waals surface area (Å²) in [5, 5.41) is 1.21. The van der Waals surface area contributed by atoms with Crippen LogP contribution in [0.5, 0.6) is 0 Å². The van der Waals surface area contributed by atoms with Crippen molar-refractivity contribution in [3.63, 3.8) is 0 Å². The van der Waals surface area contributed by atoms with Gasteiger partial charge in [0.2, 0.25) is 0 Å². The average molecular weight is 461 g/mol. The van der Waals surface area contributed by atoms with Crippen molar-refractivity contribution in [2.45, 2.75) is 32.4 Å². The van der Waals surface area contributed by atoms with Gasteiger partial charge in [-0.1, -0.05) is 23.2 Å². The quantitative estimate of drug-likeness (QED) is 0.570. The second-order valence-corrected chi connectivity index (χ2v) is 8.81. The Balaban J connectivity index is 1.38. The van der Waals surface area contributed by atoms with E-state index in [-0.39, 0.29) is 11.9 Å². The van der Waals surface area contributed by atoms with Gasteiger partial charge in [0.1, 0.15) is 11.2 Å². The molecule has 1 fully saturated rings. The van der Waals surface area contributed by atoms with Gasteiger partial charge in [0.25, 0.3) is 5.91 Å². The Morgan fingerprint density at radius 1 is 1.23 bits per heavy atom. The normalized spacial score (nSPS) is 21.4. The van der Waals surface area contributed by atoms with Crippen LogP contribution >= 0.6 is 23.2 Å². The first-order chi connectivity index (χ1) is 14.9. The third-order valence-electron chi connectivity index (χ3n) is 6.04. The molecule has 0 unspecified atom stereocenters. The number of carbonyl (C=O) groups is 1. The number of fused-ring (bicyclic) bond motifs is 2. The average Bonchev–Trinajstić information content (AvgIpc) is 3.13. The van der Waals surface area contributed by atoms with Gasteiger partial charge in [0, 0.05) is 30.1 Å². The minimum absolute atomic E-state index is 0.0391. The van der Waals surface area contributed by atoms with E-state index in [9.17, 15) is 4.79 Å². The van der Waals surface area contributed by atoms with E-state index in [0.717, 1.165) is 16.8 Å². The molecular weight excluding hydrogens is 439 g/mol. The first kappa shape index (κ1) is 20.5. The maximum absolute atomic E-state index is 13.4. The zero-order chi connectivity index (χ0) is 21.7. The number of aromatic nitrogens is 2. The first-order valence-corrected chi connectivity index (χ1v) is 11.0. The molecule has 31 heavy (non-hydrogen) atoms. The summed E-state index contributed by atoms with van der Waals surface area (Å²) < 4.78 is 11.7. The summed E-state index contributed by atoms with van der Waals surface area (Å²) in [5.41, 5.74) is 4.28. The van der Waals surface area contributed by atoms with Crippen molar-refractivity contribution in [2.24, 2.45) is 0 Å². The molecule has 1 aromatic carbocycles. The summed E-state index contributed by atoms with van der Waals surface area (Å²) >= 11 is 12.6. The first-order valence-electron chi connectivity index (χ1n) is 10.3. The number of carbonyl (C=O) groups excluding carboxylic acids is 1. The minimum Gasteiger partial charge on any atom is -0.439 e. The van der Waals surface area contributed by atoms with E-state index < -0.39 is 6.10 Å². The van der Waals surface area contributed by atoms with Gasteiger partial charge in [-0.2, -0.15) is 0 Å². The van der Waals surface area contributed by atoms with Crippen LogP contribution in [0.3, 0.4) is 0 Å². The molecule has 1 saturated heterocycles. The van der Waals surface area contributed by atoms with Crippen LogP contribution in [0.4, 0.5) is 5.69 Å². The van der Waals surface area contributed by atoms with Crippen molar-refractivity contribution >= 4 is 45.9 Å². The molecule has 5 rings (SSSR count). The van der Waals surface area contributed by atoms with E-state index in [4.69, 9.17) is 32.4 Å². The number of nitrogens with zero attached hydrogens (tertiary/aromatic N) is 4. The molecule has 4 heterocycles. The molecule has 2 atom stereocenters. The van der Waals surface area contributed by atoms with Gasteiger partial charge in [-0.15, -0.1) is 0 Å². The highest BCUT2D eigenvalue weighted by atomic mass is 35.5. The Hall–Kier alpha value is -2.35. The molecule has 162 valence electrons. The summed E-state index contributed by atoms with van der Waals surface area (Å²) in [6.45, 7) is 5.91. The highest BCUT2D eigenvalue weighted by Crippen LogP contribution is 2.37. The maximum Gasteiger partial charge on any atom is 0.254 e. The predicted octanol–water partition coefficient (Wildman–Crippen LogP) is 4.19. The maximum atomic E-state index is 13.4. The van der Waals surface area contributed by atoms with Crippen LogP contribution in [0.15, 0.2) is 28.9 Å². The molecule has 2 aliphatic rings. The van der Waals surface area contributed by atoms with Crippen molar-refractivity contribution < 1.29 is 13.9 Å². The lowest BCUT2D eigenvalue weighted by atomic mass is 9.93. The molecule has 7 nitrogen and oxygen atoms in total. The van der Waals surface area contributed by atoms with E-state index >= 15 is 0 Å². The van der Waals surface area contributed by atoms with Gasteiger partial charge in [-0.05, 0) is 36.6 Å². The van der Waals surface area contributed by atoms with Crippen LogP contribution in [-0.4, -0.2) is 53.1 Å². The van der Waals surface area contributed by atoms with Crippen LogP contribution in [0.1, 0.15) is 30.0 Å². The Bertz CT molecular complexity index is 1170. The summed E-state index contributed by atoms with van der Waals surface area (Å²) in [5.74, 6) is 0.547. The molecule has 0 saturated carbocycles. The molecule has 1 amide bonds. The lowest BCUT2D eigenvalue weighted by molar-refractivity contribution is -0.147. The number of hydrogen-bond donors (Lipinski definition) is 0. The van der Waals surface area contributed by atoms with Crippen LogP contribution in [0.2, 0.25) is 10.0 Å². The third-order valence-corrected chi connectivity index (χ3v) is 6.57. The molecule has 2 aliphatic heterocycles. The summed E-state index contributed by atoms with van der Waals surface area (Å²) in [6.07, 6.45) is 3.57. The van der Waals surface area contributed by atoms with E-state index in [0.29, 0.717) is 59.7 Å². The van der Waals surface area contributed by atoms with Crippen LogP contribution in [0, 0.1) is 6.92 Å². The Kier molecular flexibility index (Phi) is 5.28. The summed E-state index contributed by atoms with van der Waals surface area (Å²) in [4.78, 5) is 26.0. The van der Waals surface area contributed by atoms with Gasteiger partial charge in [-0.3, -0.25) is 9.78 Å². The van der Waals surface area contributed by atoms with E-state index in [1.807, 2.05) is 24.8 Å². The molecule has 9 heteroatoms. The van der Waals surface area contributed by atoms with E-state index in [2.05, 4.69) is 14.9 Å². The molecule has 0 N–H and O–H groups in total. The molecule has 0 bridgehead atoms. The van der Waals surface area contributed by atoms with Crippen LogP contribution in [0.25, 0.3) is 11.1 Å². The monoisotopic (exact) mass is 460 g/mol. The zero-order valence-corrected chi connectivity index (χ0v) is 18.8. The fraction of sp³-hybridized carbons (Fsp3) is 0.409. The number of oxazole rings is 1. The van der Waals surface area contributed by atoms with Crippen LogP contribution in [-0.2, 0) is 16.0 Å². The Morgan fingerprint density at radius 2 is 2.06 bits per heavy atom. The fourth-order valence-electron chi connectivity index (χ4n) is 4.58. The molecule has 2 aromatic heterocycles. The van der Waals surface area contributed by atoms with Gasteiger partial charge in [0.15, 0.2) is 17.6 Å². The van der Waals surface area contributed by atoms with Gasteiger partial charge in [0.05, 0.1) is 31.6 Å². The van der Waals surface area contributed by atoms with Crippen molar-refractivity contribution in [1.29, 1.82) is 0 Å². The number of halogens is 2. The number of morpholine rings is 1. The lowest BCUT2D eigenvalue weighted by Gasteiger charge is -2.40. The van der Waals surface area contributed by atoms with Gasteiger partial charge >= 0.3 is 0 Å². The summed E-state index contributed by atoms with van der Waals surface area (Å²) in [7, 11) is 0. The highest BCUT2D eigenvalue weighted by molar-refractivity contribution is 6.35. The van der Waals surface area contributed by atoms with Crippen molar-refractivity contribution in [2.75, 3.05) is 31.1 Å². The number of ether oxygens (including phenoxy) is 1. The van der Waals surface area contributed by atoms with Gasteiger partial charge in [-0.25, -0.2) is 4.98 Å². The van der Waals surface area contributed by atoms with E-state index in [1.165, 1.54) is 0 Å². The standard InChI is InChI=1S/C22H22Cl2N4O3/c1-12-20-14(7-15(23)8-16(20)24)3-4-28(12)22(29)19-11-27(5-6-30-19)18-10-25-9-17-21(18)31-13(2)26-17/h7-10,12,19H,3-6,11H2,1-2H3/t12-,19+/m0/s1. The Morgan fingerprint density at radius 3 is 2.90 bits per heavy atom. The van der Waals surface area contributed by atoms with Crippen molar-refractivity contribution in [1.82, 2.24) is 14.9 Å². The van der Waals surface area contributed by atoms with E-state index in [1.54, 1.807) is 18.5 Å². The number of pyridine rings is 1. The summed E-state index contributed by atoms with van der Waals surface area (Å²) in [6, 6.07) is 3.52. The SMILES string of the molecule is Cc1nc2cncc(N3CCO[C@@H](C(=O)N4CCc5cc(Cl)cc(Cl)c5[C@@H]4C)C3)c2o1. The molecule has 3 aromatic rings. The number of aryl methyl sites for hydroxylation is 1. The third kappa shape index (κ3) is 3.64. The second-order valence-electron chi connectivity index (χ2n) is 7.96. The smallest absolute Gasteiger partial charge is 0.254 e. The minimum atomic E-state index is -0.580. The fourth-order valence-corrected chi connectivity index (χ4v) is 5.28. The van der Waals surface area contributed by atoms with Crippen molar-refractivity contribution in [3.8, 4) is 0 Å². The number of hydrogen-bond acceptors (Lipinski definition) is 6. The van der Waals surface area contributed by atoms with Crippen molar-refractivity contribution in [3.05, 3.63) is 51.6 Å². The number of rotatable bonds is 2. The molecule has 0 aliphatic carbocycles. The predicted molar refractivity (Wildman–Crippen MR) is 119 cm³/mol. The number of amides is 1. The largest absolute Gasteiger partial charge is 0.439 e. The molecule has 0 radical (unpaired) electrons. The van der Waals surface area contributed by atoms with Gasteiger partial charge < -0.3 is 19.0 Å². The number of benzene rings is 1. The zero-order valence-electron chi connectivity index (χ0n) is 17.3. The lowest BCUT2D eigenvalue weighted by Crippen LogP contribution is -2.53. The Labute approximate surface area is 189 Å². The second kappa shape index (κ2) is 7.97. The topological polar surface area (TPSA) is 71.7 Å². The number of anilines is 1.